The Morgan fingerprint density at radius 2 is 1.65 bits per heavy atom. The van der Waals surface area contributed by atoms with Gasteiger partial charge in [0.25, 0.3) is 11.3 Å². The lowest BCUT2D eigenvalue weighted by atomic mass is 9.96. The Balaban J connectivity index is 1.79. The number of ether oxygens (including phenoxy) is 3. The molecule has 0 aromatic carbocycles. The first-order valence-electron chi connectivity index (χ1n) is 13.3. The zero-order chi connectivity index (χ0) is 37.3. The van der Waals surface area contributed by atoms with Crippen molar-refractivity contribution in [2.45, 2.75) is 74.8 Å². The summed E-state index contributed by atoms with van der Waals surface area (Å²) in [5, 5.41) is 52.4. The van der Waals surface area contributed by atoms with Crippen LogP contribution in [0.3, 0.4) is 0 Å². The first-order valence-corrected chi connectivity index (χ1v) is 17.8. The van der Waals surface area contributed by atoms with Crippen LogP contribution in [0.2, 0.25) is 0 Å². The maximum atomic E-state index is 12.8. The van der Waals surface area contributed by atoms with Crippen molar-refractivity contribution < 1.29 is 100 Å². The number of H-pyrrole nitrogens is 1. The standard InChI is InChI=1S/C20H32N3O23P3/c1-7(25)21-11-15(43-20(2,18(30)31)45-47(33,34)35)13(28)8(5-24)42-17(11)44-49(38,39)46-48(36,37)40-6-9-12(27)14(29)16(41-9)23-4-3-10(26)22-19(23)32/h3-4,8-9,11-17,24,27-29H,5-6H2,1-2H3,(H,21,25)(H,30,31)(H,36,37)(H,38,39)(H,22,26,32)(H2,33,34,35)/t8-,9+,11-,12+,13+,14-,15-,16-,17+,20+/m1/s1. The first kappa shape index (κ1) is 41.1. The van der Waals surface area contributed by atoms with E-state index in [1.54, 1.807) is 0 Å². The molecule has 2 fully saturated rings. The van der Waals surface area contributed by atoms with E-state index >= 15 is 0 Å². The lowest BCUT2D eigenvalue weighted by Gasteiger charge is -2.45. The number of hydrogen-bond donors (Lipinski definition) is 11. The van der Waals surface area contributed by atoms with Crippen molar-refractivity contribution in [2.24, 2.45) is 0 Å². The van der Waals surface area contributed by atoms with Gasteiger partial charge in [-0.25, -0.2) is 27.8 Å². The number of aliphatic hydroxyl groups excluding tert-OH is 4. The van der Waals surface area contributed by atoms with Gasteiger partial charge in [-0.05, 0) is 0 Å². The molecule has 49 heavy (non-hydrogen) atoms. The fraction of sp³-hybridized carbons (Fsp3) is 0.700. The number of phosphoric ester groups is 3. The van der Waals surface area contributed by atoms with E-state index in [-0.39, 0.29) is 0 Å². The summed E-state index contributed by atoms with van der Waals surface area (Å²) >= 11 is 0. The minimum Gasteiger partial charge on any atom is -0.477 e. The van der Waals surface area contributed by atoms with Gasteiger partial charge in [-0.15, -0.1) is 0 Å². The van der Waals surface area contributed by atoms with Gasteiger partial charge in [0.1, 0.15) is 42.7 Å². The van der Waals surface area contributed by atoms with Crippen LogP contribution in [0.1, 0.15) is 20.1 Å². The van der Waals surface area contributed by atoms with Crippen LogP contribution in [0, 0.1) is 0 Å². The highest BCUT2D eigenvalue weighted by molar-refractivity contribution is 7.61. The summed E-state index contributed by atoms with van der Waals surface area (Å²) in [4.78, 5) is 87.7. The highest BCUT2D eigenvalue weighted by Crippen LogP contribution is 2.61. The number of rotatable bonds is 15. The van der Waals surface area contributed by atoms with Crippen LogP contribution in [-0.2, 0) is 55.4 Å². The maximum absolute atomic E-state index is 12.8. The molecule has 26 nitrogen and oxygen atoms in total. The van der Waals surface area contributed by atoms with E-state index in [1.165, 1.54) is 0 Å². The summed E-state index contributed by atoms with van der Waals surface area (Å²) in [6.07, 6.45) is -15.0. The predicted octanol–water partition coefficient (Wildman–Crippen LogP) is -4.72. The third kappa shape index (κ3) is 10.6. The normalized spacial score (nSPS) is 32.8. The second-order valence-corrected chi connectivity index (χ2v) is 14.5. The molecule has 1 aromatic heterocycles. The molecule has 2 aliphatic rings. The Kier molecular flexibility index (Phi) is 13.0. The molecule has 3 rings (SSSR count). The first-order chi connectivity index (χ1) is 22.4. The van der Waals surface area contributed by atoms with Gasteiger partial charge in [0.2, 0.25) is 5.91 Å². The lowest BCUT2D eigenvalue weighted by Crippen LogP contribution is -2.67. The van der Waals surface area contributed by atoms with E-state index in [1.807, 2.05) is 10.3 Å². The van der Waals surface area contributed by atoms with Crippen LogP contribution >= 0.6 is 23.5 Å². The summed E-state index contributed by atoms with van der Waals surface area (Å²) in [6, 6.07) is -1.23. The zero-order valence-electron chi connectivity index (χ0n) is 24.8. The average Bonchev–Trinajstić information content (AvgIpc) is 3.22. The van der Waals surface area contributed by atoms with Gasteiger partial charge >= 0.3 is 35.1 Å². The van der Waals surface area contributed by atoms with Crippen LogP contribution < -0.4 is 16.6 Å². The van der Waals surface area contributed by atoms with Crippen LogP contribution in [-0.4, -0.2) is 134 Å². The van der Waals surface area contributed by atoms with Gasteiger partial charge in [-0.3, -0.25) is 28.2 Å². The zero-order valence-corrected chi connectivity index (χ0v) is 27.5. The van der Waals surface area contributed by atoms with Gasteiger partial charge in [0.15, 0.2) is 12.5 Å². The number of aliphatic carboxylic acids is 1. The maximum Gasteiger partial charge on any atom is 0.483 e. The molecule has 29 heteroatoms. The van der Waals surface area contributed by atoms with Crippen molar-refractivity contribution in [3.63, 3.8) is 0 Å². The molecule has 1 aromatic rings. The number of carboxylic acid groups (broad SMARTS) is 1. The van der Waals surface area contributed by atoms with Crippen molar-refractivity contribution in [3.8, 4) is 0 Å². The Labute approximate surface area is 272 Å². The number of nitrogens with one attached hydrogen (secondary N) is 2. The second kappa shape index (κ2) is 15.5. The largest absolute Gasteiger partial charge is 0.483 e. The van der Waals surface area contributed by atoms with Gasteiger partial charge in [0.05, 0.1) is 13.2 Å². The van der Waals surface area contributed by atoms with E-state index in [9.17, 15) is 68.2 Å². The number of aliphatic hydroxyl groups is 4. The van der Waals surface area contributed by atoms with Crippen LogP contribution in [0.4, 0.5) is 0 Å². The van der Waals surface area contributed by atoms with Crippen molar-refractivity contribution in [3.05, 3.63) is 33.1 Å². The minimum atomic E-state index is -5.95. The van der Waals surface area contributed by atoms with Crippen molar-refractivity contribution >= 4 is 35.3 Å². The van der Waals surface area contributed by atoms with Gasteiger partial charge < -0.3 is 64.6 Å². The number of nitrogens with zero attached hydrogens (tertiary/aromatic N) is 1. The molecule has 2 unspecified atom stereocenters. The molecular formula is C20H32N3O23P3. The molecular weight excluding hydrogens is 743 g/mol. The summed E-state index contributed by atoms with van der Waals surface area (Å²) < 4.78 is 70.7. The van der Waals surface area contributed by atoms with Crippen molar-refractivity contribution in [2.75, 3.05) is 13.2 Å². The number of aromatic amines is 1. The third-order valence-corrected chi connectivity index (χ3v) is 9.76. The minimum absolute atomic E-state index is 0.468. The lowest BCUT2D eigenvalue weighted by molar-refractivity contribution is -0.297. The van der Waals surface area contributed by atoms with Gasteiger partial charge in [0, 0.05) is 26.1 Å². The predicted molar refractivity (Wildman–Crippen MR) is 148 cm³/mol. The Hall–Kier alpha value is -2.29. The number of amides is 1. The summed E-state index contributed by atoms with van der Waals surface area (Å²) in [7, 11) is -17.3. The summed E-state index contributed by atoms with van der Waals surface area (Å²) in [6.45, 7) is -1.02. The summed E-state index contributed by atoms with van der Waals surface area (Å²) in [5.74, 6) is -6.53. The molecule has 11 N–H and O–H groups in total. The number of aromatic nitrogens is 2. The smallest absolute Gasteiger partial charge is 0.477 e. The number of carboxylic acids is 1. The molecule has 0 radical (unpaired) electrons. The van der Waals surface area contributed by atoms with E-state index in [0.29, 0.717) is 11.5 Å². The number of phosphoric acid groups is 3. The summed E-state index contributed by atoms with van der Waals surface area (Å²) in [5.41, 5.74) is -1.86. The Bertz CT molecular complexity index is 1630. The van der Waals surface area contributed by atoms with Crippen LogP contribution in [0.15, 0.2) is 21.9 Å². The second-order valence-electron chi connectivity index (χ2n) is 10.3. The monoisotopic (exact) mass is 775 g/mol. The topological polar surface area (TPSA) is 399 Å². The van der Waals surface area contributed by atoms with Crippen LogP contribution in [0.5, 0.6) is 0 Å². The van der Waals surface area contributed by atoms with Gasteiger partial charge in [-0.2, -0.15) is 4.31 Å². The molecule has 2 aliphatic heterocycles. The highest BCUT2D eigenvalue weighted by atomic mass is 31.3. The molecule has 0 aliphatic carbocycles. The fourth-order valence-electron chi connectivity index (χ4n) is 4.48. The van der Waals surface area contributed by atoms with Crippen molar-refractivity contribution in [1.29, 1.82) is 0 Å². The molecule has 2 saturated heterocycles. The van der Waals surface area contributed by atoms with Gasteiger partial charge in [-0.1, -0.05) is 0 Å². The molecule has 12 atom stereocenters. The molecule has 1 amide bonds. The van der Waals surface area contributed by atoms with E-state index in [0.717, 1.165) is 19.2 Å². The SMILES string of the molecule is CC(=O)N[C@H]1[C@H](OP(=O)(O)OP(=O)(O)OC[C@@H]2O[C@@H](n3ccc(=O)[nH]c3=O)[C@H](O)[C@H]2O)O[C@H](CO)[C@H](O)[C@@H]1O[C@@](C)(OP(=O)(O)O)C(=O)O. The molecule has 0 saturated carbocycles. The highest BCUT2D eigenvalue weighted by Gasteiger charge is 2.55. The fourth-order valence-corrected chi connectivity index (χ4v) is 7.22. The Morgan fingerprint density at radius 1 is 1.02 bits per heavy atom. The number of carbonyl (C=O) groups excluding carboxylic acids is 1. The average molecular weight is 775 g/mol. The quantitative estimate of drug-likeness (QED) is 0.0589. The van der Waals surface area contributed by atoms with E-state index in [2.05, 4.69) is 13.4 Å². The molecule has 0 spiro atoms. The molecule has 280 valence electrons. The third-order valence-electron chi connectivity index (χ3n) is 6.57. The van der Waals surface area contributed by atoms with E-state index in [4.69, 9.17) is 28.5 Å². The molecule has 3 heterocycles. The van der Waals surface area contributed by atoms with Crippen molar-refractivity contribution in [1.82, 2.24) is 14.9 Å². The Morgan fingerprint density at radius 3 is 2.18 bits per heavy atom. The molecule has 0 bridgehead atoms. The number of hydrogen-bond acceptors (Lipinski definition) is 18. The van der Waals surface area contributed by atoms with Crippen LogP contribution in [0.25, 0.3) is 0 Å². The number of carbonyl (C=O) groups is 2. The van der Waals surface area contributed by atoms with E-state index < -0.39 is 121 Å².